The lowest BCUT2D eigenvalue weighted by Gasteiger charge is -2.39. The lowest BCUT2D eigenvalue weighted by Crippen LogP contribution is -2.47. The fraction of sp³-hybridized carbons (Fsp3) is 0.800. The molecule has 0 bridgehead atoms. The molecule has 1 aliphatic rings. The first-order valence-electron chi connectivity index (χ1n) is 4.88. The van der Waals surface area contributed by atoms with Crippen molar-refractivity contribution in [3.05, 3.63) is 0 Å². The second kappa shape index (κ2) is 3.77. The number of carboxylic acids is 1. The van der Waals surface area contributed by atoms with E-state index in [1.165, 1.54) is 0 Å². The van der Waals surface area contributed by atoms with E-state index in [9.17, 15) is 14.7 Å². The van der Waals surface area contributed by atoms with Gasteiger partial charge in [0.05, 0.1) is 5.41 Å². The molecule has 4 nitrogen and oxygen atoms in total. The third-order valence-electron chi connectivity index (χ3n) is 4.06. The number of primary amides is 1. The number of hydrogen-bond donors (Lipinski definition) is 2. The Balaban J connectivity index is 3.16. The molecule has 0 heterocycles. The first kappa shape index (κ1) is 12.5. The van der Waals surface area contributed by atoms with Crippen LogP contribution in [0.25, 0.3) is 0 Å². The molecule has 3 atom stereocenters. The van der Waals surface area contributed by atoms with Crippen LogP contribution in [0.5, 0.6) is 0 Å². The smallest absolute Gasteiger partial charge is 0.309 e. The van der Waals surface area contributed by atoms with Crippen molar-refractivity contribution in [3.8, 4) is 0 Å². The largest absolute Gasteiger partial charge is 0.481 e. The van der Waals surface area contributed by atoms with E-state index in [-0.39, 0.29) is 5.92 Å². The second-order valence-corrected chi connectivity index (χ2v) is 5.24. The van der Waals surface area contributed by atoms with Crippen LogP contribution < -0.4 is 5.73 Å². The summed E-state index contributed by atoms with van der Waals surface area (Å²) in [6.45, 7) is 3.51. The number of carboxylic acid groups (broad SMARTS) is 1. The van der Waals surface area contributed by atoms with Gasteiger partial charge in [0.2, 0.25) is 5.91 Å². The molecule has 1 rings (SSSR count). The minimum Gasteiger partial charge on any atom is -0.481 e. The van der Waals surface area contributed by atoms with Crippen molar-refractivity contribution >= 4 is 27.8 Å². The van der Waals surface area contributed by atoms with E-state index in [4.69, 9.17) is 5.73 Å². The Kier molecular flexibility index (Phi) is 3.14. The van der Waals surface area contributed by atoms with Gasteiger partial charge in [0.25, 0.3) is 0 Å². The van der Waals surface area contributed by atoms with Gasteiger partial charge in [-0.1, -0.05) is 22.9 Å². The first-order chi connectivity index (χ1) is 6.79. The van der Waals surface area contributed by atoms with Gasteiger partial charge in [-0.25, -0.2) is 0 Å². The Labute approximate surface area is 97.3 Å². The Morgan fingerprint density at radius 3 is 2.40 bits per heavy atom. The number of rotatable bonds is 3. The fourth-order valence-electron chi connectivity index (χ4n) is 2.47. The Bertz CT molecular complexity index is 307. The summed E-state index contributed by atoms with van der Waals surface area (Å²) in [6, 6.07) is 0. The second-order valence-electron chi connectivity index (χ2n) is 4.68. The Hall–Kier alpha value is -0.580. The molecule has 5 heteroatoms. The quantitative estimate of drug-likeness (QED) is 0.765. The summed E-state index contributed by atoms with van der Waals surface area (Å²) in [4.78, 5) is 22.6. The summed E-state index contributed by atoms with van der Waals surface area (Å²) in [5.74, 6) is -1.62. The minimum atomic E-state index is -0.879. The zero-order valence-corrected chi connectivity index (χ0v) is 10.5. The van der Waals surface area contributed by atoms with Gasteiger partial charge in [0.1, 0.15) is 0 Å². The SMILES string of the molecule is C[C@@]1(C(=O)O)CC[C@H](C(N)=O)[C@@]1(C)CBr. The molecule has 0 radical (unpaired) electrons. The van der Waals surface area contributed by atoms with E-state index in [0.29, 0.717) is 18.2 Å². The highest BCUT2D eigenvalue weighted by Gasteiger charge is 2.59. The van der Waals surface area contributed by atoms with E-state index in [1.807, 2.05) is 6.92 Å². The molecule has 0 spiro atoms. The van der Waals surface area contributed by atoms with E-state index >= 15 is 0 Å². The van der Waals surface area contributed by atoms with Crippen LogP contribution in [-0.2, 0) is 9.59 Å². The molecule has 86 valence electrons. The maximum absolute atomic E-state index is 11.3. The van der Waals surface area contributed by atoms with Crippen molar-refractivity contribution in [2.24, 2.45) is 22.5 Å². The van der Waals surface area contributed by atoms with Gasteiger partial charge in [-0.2, -0.15) is 0 Å². The Morgan fingerprint density at radius 2 is 2.07 bits per heavy atom. The predicted octanol–water partition coefficient (Wildman–Crippen LogP) is 1.37. The molecule has 0 aliphatic heterocycles. The summed E-state index contributed by atoms with van der Waals surface area (Å²) in [5, 5.41) is 9.73. The Morgan fingerprint density at radius 1 is 1.53 bits per heavy atom. The van der Waals surface area contributed by atoms with Crippen LogP contribution in [0.4, 0.5) is 0 Å². The number of halogens is 1. The number of aliphatic carboxylic acids is 1. The monoisotopic (exact) mass is 277 g/mol. The van der Waals surface area contributed by atoms with Gasteiger partial charge in [-0.05, 0) is 19.8 Å². The van der Waals surface area contributed by atoms with Crippen LogP contribution in [0.15, 0.2) is 0 Å². The summed E-state index contributed by atoms with van der Waals surface area (Å²) < 4.78 is 0. The number of carbonyl (C=O) groups excluding carboxylic acids is 1. The first-order valence-corrected chi connectivity index (χ1v) is 6.00. The zero-order chi connectivity index (χ0) is 11.9. The molecular weight excluding hydrogens is 262 g/mol. The van der Waals surface area contributed by atoms with E-state index in [1.54, 1.807) is 6.92 Å². The molecule has 1 amide bonds. The van der Waals surface area contributed by atoms with E-state index in [2.05, 4.69) is 15.9 Å². The fourth-order valence-corrected chi connectivity index (χ4v) is 3.48. The highest BCUT2D eigenvalue weighted by Crippen LogP contribution is 2.56. The van der Waals surface area contributed by atoms with Crippen molar-refractivity contribution in [1.82, 2.24) is 0 Å². The van der Waals surface area contributed by atoms with Crippen LogP contribution >= 0.6 is 15.9 Å². The number of alkyl halides is 1. The van der Waals surface area contributed by atoms with E-state index < -0.39 is 22.7 Å². The maximum Gasteiger partial charge on any atom is 0.309 e. The van der Waals surface area contributed by atoms with Crippen molar-refractivity contribution < 1.29 is 14.7 Å². The van der Waals surface area contributed by atoms with Crippen LogP contribution in [0.2, 0.25) is 0 Å². The normalized spacial score (nSPS) is 40.3. The van der Waals surface area contributed by atoms with Crippen LogP contribution in [0, 0.1) is 16.7 Å². The number of carbonyl (C=O) groups is 2. The van der Waals surface area contributed by atoms with Crippen molar-refractivity contribution in [1.29, 1.82) is 0 Å². The molecule has 0 saturated heterocycles. The lowest BCUT2D eigenvalue weighted by molar-refractivity contribution is -0.154. The number of hydrogen-bond acceptors (Lipinski definition) is 2. The number of nitrogens with two attached hydrogens (primary N) is 1. The highest BCUT2D eigenvalue weighted by atomic mass is 79.9. The zero-order valence-electron chi connectivity index (χ0n) is 8.92. The molecule has 1 saturated carbocycles. The van der Waals surface area contributed by atoms with Gasteiger partial charge in [0.15, 0.2) is 0 Å². The topological polar surface area (TPSA) is 80.4 Å². The molecule has 0 aromatic carbocycles. The summed E-state index contributed by atoms with van der Waals surface area (Å²) in [7, 11) is 0. The molecule has 0 aromatic rings. The van der Waals surface area contributed by atoms with Gasteiger partial charge in [-0.3, -0.25) is 9.59 Å². The average Bonchev–Trinajstić information content (AvgIpc) is 2.42. The third-order valence-corrected chi connectivity index (χ3v) is 5.22. The average molecular weight is 278 g/mol. The van der Waals surface area contributed by atoms with Crippen molar-refractivity contribution in [3.63, 3.8) is 0 Å². The summed E-state index contributed by atoms with van der Waals surface area (Å²) in [5.41, 5.74) is 3.83. The minimum absolute atomic E-state index is 0.363. The van der Waals surface area contributed by atoms with Crippen LogP contribution in [-0.4, -0.2) is 22.3 Å². The molecule has 1 aliphatic carbocycles. The standard InChI is InChI=1S/C10H16BrNO3/c1-9(8(14)15)4-3-6(7(12)13)10(9,2)5-11/h6H,3-5H2,1-2H3,(H2,12,13)(H,14,15)/t6-,9+,10-/m1/s1. The van der Waals surface area contributed by atoms with Crippen LogP contribution in [0.1, 0.15) is 26.7 Å². The van der Waals surface area contributed by atoms with Gasteiger partial charge in [0, 0.05) is 16.7 Å². The molecule has 1 fully saturated rings. The molecule has 15 heavy (non-hydrogen) atoms. The maximum atomic E-state index is 11.3. The van der Waals surface area contributed by atoms with E-state index in [0.717, 1.165) is 0 Å². The molecule has 0 aromatic heterocycles. The van der Waals surface area contributed by atoms with Gasteiger partial charge < -0.3 is 10.8 Å². The molecular formula is C10H16BrNO3. The number of amides is 1. The van der Waals surface area contributed by atoms with Gasteiger partial charge in [-0.15, -0.1) is 0 Å². The highest BCUT2D eigenvalue weighted by molar-refractivity contribution is 9.09. The van der Waals surface area contributed by atoms with Crippen molar-refractivity contribution in [2.75, 3.05) is 5.33 Å². The predicted molar refractivity (Wildman–Crippen MR) is 59.6 cm³/mol. The van der Waals surface area contributed by atoms with Crippen molar-refractivity contribution in [2.45, 2.75) is 26.7 Å². The van der Waals surface area contributed by atoms with Crippen LogP contribution in [0.3, 0.4) is 0 Å². The molecule has 0 unspecified atom stereocenters. The lowest BCUT2D eigenvalue weighted by atomic mass is 9.65. The summed E-state index contributed by atoms with van der Waals surface area (Å²) in [6.07, 6.45) is 1.05. The molecule has 3 N–H and O–H groups in total. The third kappa shape index (κ3) is 1.57. The van der Waals surface area contributed by atoms with Gasteiger partial charge >= 0.3 is 5.97 Å². The summed E-state index contributed by atoms with van der Waals surface area (Å²) >= 11 is 3.31.